The molecule has 0 bridgehead atoms. The lowest BCUT2D eigenvalue weighted by Crippen LogP contribution is -2.41. The summed E-state index contributed by atoms with van der Waals surface area (Å²) in [5, 5.41) is 11.2. The lowest BCUT2D eigenvalue weighted by molar-refractivity contribution is -0.125. The molecule has 0 radical (unpaired) electrons. The van der Waals surface area contributed by atoms with Gasteiger partial charge in [-0.2, -0.15) is 5.10 Å². The number of fused-ring (bicyclic) bond motifs is 1. The van der Waals surface area contributed by atoms with Crippen LogP contribution in [0.4, 0.5) is 5.82 Å². The molecule has 4 heterocycles. The predicted molar refractivity (Wildman–Crippen MR) is 117 cm³/mol. The van der Waals surface area contributed by atoms with Crippen molar-refractivity contribution in [2.24, 2.45) is 5.92 Å². The summed E-state index contributed by atoms with van der Waals surface area (Å²) in [6.45, 7) is 9.00. The Kier molecular flexibility index (Phi) is 5.64. The van der Waals surface area contributed by atoms with Gasteiger partial charge in [0.1, 0.15) is 17.0 Å². The molecule has 1 saturated heterocycles. The summed E-state index contributed by atoms with van der Waals surface area (Å²) in [7, 11) is 0. The lowest BCUT2D eigenvalue weighted by atomic mass is 9.95. The second-order valence-electron chi connectivity index (χ2n) is 7.33. The van der Waals surface area contributed by atoms with Crippen LogP contribution in [0.25, 0.3) is 10.2 Å². The molecule has 0 aliphatic carbocycles. The number of hydrogen-bond acceptors (Lipinski definition) is 7. The molecule has 3 aromatic rings. The first kappa shape index (κ1) is 20.0. The number of aryl methyl sites for hydroxylation is 2. The Morgan fingerprint density at radius 2 is 2.10 bits per heavy atom. The number of rotatable bonds is 5. The highest BCUT2D eigenvalue weighted by molar-refractivity contribution is 7.71. The summed E-state index contributed by atoms with van der Waals surface area (Å²) in [4.78, 5) is 26.3. The van der Waals surface area contributed by atoms with Crippen molar-refractivity contribution in [2.45, 2.75) is 46.7 Å². The van der Waals surface area contributed by atoms with Crippen molar-refractivity contribution in [1.82, 2.24) is 30.0 Å². The minimum absolute atomic E-state index is 0.00544. The maximum atomic E-state index is 12.7. The first-order chi connectivity index (χ1) is 14.0. The normalized spacial score (nSPS) is 15.2. The summed E-state index contributed by atoms with van der Waals surface area (Å²) in [5.74, 6) is 1.84. The molecule has 0 saturated carbocycles. The highest BCUT2D eigenvalue weighted by atomic mass is 32.1. The van der Waals surface area contributed by atoms with E-state index in [1.165, 1.54) is 10.4 Å². The smallest absolute Gasteiger partial charge is 0.223 e. The standard InChI is InChI=1S/C19H25N7OS2/c1-4-26-14(23-24-19(26)28)9-20-17(27)13-5-7-25(8-6-13)16-15-11(2)12(3)29-18(15)22-10-21-16/h10,13H,4-9H2,1-3H3,(H,20,27)(H,24,28). The third kappa shape index (κ3) is 3.78. The van der Waals surface area contributed by atoms with Crippen molar-refractivity contribution < 1.29 is 4.79 Å². The number of hydrogen-bond donors (Lipinski definition) is 2. The predicted octanol–water partition coefficient (Wildman–Crippen LogP) is 3.11. The first-order valence-corrected chi connectivity index (χ1v) is 11.1. The van der Waals surface area contributed by atoms with Gasteiger partial charge in [0.2, 0.25) is 5.91 Å². The van der Waals surface area contributed by atoms with Crippen molar-refractivity contribution in [2.75, 3.05) is 18.0 Å². The molecular weight excluding hydrogens is 406 g/mol. The fourth-order valence-electron chi connectivity index (χ4n) is 3.88. The van der Waals surface area contributed by atoms with Crippen LogP contribution in [-0.4, -0.2) is 43.7 Å². The second kappa shape index (κ2) is 8.19. The fraction of sp³-hybridized carbons (Fsp3) is 0.526. The summed E-state index contributed by atoms with van der Waals surface area (Å²) >= 11 is 6.91. The molecule has 29 heavy (non-hydrogen) atoms. The third-order valence-corrected chi connectivity index (χ3v) is 7.11. The van der Waals surface area contributed by atoms with Gasteiger partial charge in [0, 0.05) is 30.4 Å². The zero-order valence-electron chi connectivity index (χ0n) is 16.9. The summed E-state index contributed by atoms with van der Waals surface area (Å²) in [5.41, 5.74) is 1.25. The summed E-state index contributed by atoms with van der Waals surface area (Å²) in [6, 6.07) is 0. The number of nitrogens with one attached hydrogen (secondary N) is 2. The molecule has 0 atom stereocenters. The Morgan fingerprint density at radius 1 is 1.34 bits per heavy atom. The van der Waals surface area contributed by atoms with Crippen molar-refractivity contribution in [1.29, 1.82) is 0 Å². The van der Waals surface area contributed by atoms with Gasteiger partial charge in [0.15, 0.2) is 10.6 Å². The van der Waals surface area contributed by atoms with Crippen LogP contribution in [0.2, 0.25) is 0 Å². The van der Waals surface area contributed by atoms with E-state index >= 15 is 0 Å². The van der Waals surface area contributed by atoms with Gasteiger partial charge in [-0.3, -0.25) is 9.89 Å². The fourth-order valence-corrected chi connectivity index (χ4v) is 5.15. The lowest BCUT2D eigenvalue weighted by Gasteiger charge is -2.32. The molecule has 4 rings (SSSR count). The van der Waals surface area contributed by atoms with E-state index in [2.05, 4.69) is 44.2 Å². The van der Waals surface area contributed by atoms with E-state index in [0.29, 0.717) is 11.3 Å². The molecule has 1 fully saturated rings. The molecule has 2 N–H and O–H groups in total. The quantitative estimate of drug-likeness (QED) is 0.603. The van der Waals surface area contributed by atoms with Gasteiger partial charge in [-0.05, 0) is 51.4 Å². The highest BCUT2D eigenvalue weighted by Gasteiger charge is 2.27. The van der Waals surface area contributed by atoms with Gasteiger partial charge in [0.05, 0.1) is 11.9 Å². The van der Waals surface area contributed by atoms with E-state index in [1.54, 1.807) is 17.7 Å². The van der Waals surface area contributed by atoms with E-state index in [-0.39, 0.29) is 11.8 Å². The molecule has 1 aliphatic heterocycles. The number of carbonyl (C=O) groups is 1. The molecule has 154 valence electrons. The minimum atomic E-state index is 0.00544. The molecule has 8 nitrogen and oxygen atoms in total. The molecule has 10 heteroatoms. The van der Waals surface area contributed by atoms with Gasteiger partial charge in [-0.1, -0.05) is 0 Å². The second-order valence-corrected chi connectivity index (χ2v) is 8.92. The first-order valence-electron chi connectivity index (χ1n) is 9.87. The topological polar surface area (TPSA) is 91.7 Å². The SMILES string of the molecule is CCn1c(CNC(=O)C2CCN(c3ncnc4sc(C)c(C)c34)CC2)n[nH]c1=S. The van der Waals surface area contributed by atoms with Crippen molar-refractivity contribution in [3.8, 4) is 0 Å². The van der Waals surface area contributed by atoms with Gasteiger partial charge in [-0.25, -0.2) is 9.97 Å². The number of H-pyrrole nitrogens is 1. The molecular formula is C19H25N7OS2. The van der Waals surface area contributed by atoms with Crippen LogP contribution in [0.15, 0.2) is 6.33 Å². The number of thiophene rings is 1. The van der Waals surface area contributed by atoms with Crippen LogP contribution in [0.3, 0.4) is 0 Å². The number of aromatic amines is 1. The van der Waals surface area contributed by atoms with Crippen LogP contribution in [0.1, 0.15) is 36.0 Å². The van der Waals surface area contributed by atoms with Gasteiger partial charge in [0.25, 0.3) is 0 Å². The maximum Gasteiger partial charge on any atom is 0.223 e. The van der Waals surface area contributed by atoms with Crippen molar-refractivity contribution >= 4 is 45.5 Å². The zero-order valence-corrected chi connectivity index (χ0v) is 18.5. The van der Waals surface area contributed by atoms with Gasteiger partial charge in [-0.15, -0.1) is 11.3 Å². The Labute approximate surface area is 178 Å². The average Bonchev–Trinajstić information content (AvgIpc) is 3.24. The Balaban J connectivity index is 1.39. The molecule has 1 amide bonds. The van der Waals surface area contributed by atoms with Crippen molar-refractivity contribution in [3.63, 3.8) is 0 Å². The molecule has 0 spiro atoms. The van der Waals surface area contributed by atoms with Gasteiger partial charge < -0.3 is 14.8 Å². The van der Waals surface area contributed by atoms with E-state index in [9.17, 15) is 4.79 Å². The largest absolute Gasteiger partial charge is 0.356 e. The minimum Gasteiger partial charge on any atom is -0.356 e. The molecule has 0 aromatic carbocycles. The molecule has 1 aliphatic rings. The van der Waals surface area contributed by atoms with Crippen LogP contribution in [0, 0.1) is 24.5 Å². The summed E-state index contributed by atoms with van der Waals surface area (Å²) < 4.78 is 2.48. The number of anilines is 1. The highest BCUT2D eigenvalue weighted by Crippen LogP contribution is 2.35. The van der Waals surface area contributed by atoms with E-state index in [4.69, 9.17) is 12.2 Å². The van der Waals surface area contributed by atoms with E-state index < -0.39 is 0 Å². The monoisotopic (exact) mass is 431 g/mol. The van der Waals surface area contributed by atoms with Crippen LogP contribution >= 0.6 is 23.6 Å². The number of carbonyl (C=O) groups excluding carboxylic acids is 1. The Bertz CT molecular complexity index is 1090. The van der Waals surface area contributed by atoms with Crippen molar-refractivity contribution in [3.05, 3.63) is 27.4 Å². The van der Waals surface area contributed by atoms with Gasteiger partial charge >= 0.3 is 0 Å². The average molecular weight is 432 g/mol. The number of aromatic nitrogens is 5. The Morgan fingerprint density at radius 3 is 2.83 bits per heavy atom. The number of nitrogens with zero attached hydrogens (tertiary/aromatic N) is 5. The molecule has 3 aromatic heterocycles. The molecule has 0 unspecified atom stereocenters. The number of amides is 1. The maximum absolute atomic E-state index is 12.7. The van der Waals surface area contributed by atoms with Crippen LogP contribution in [0.5, 0.6) is 0 Å². The summed E-state index contributed by atoms with van der Waals surface area (Å²) in [6.07, 6.45) is 3.26. The van der Waals surface area contributed by atoms with E-state index in [0.717, 1.165) is 54.3 Å². The van der Waals surface area contributed by atoms with Crippen LogP contribution in [-0.2, 0) is 17.9 Å². The number of piperidine rings is 1. The Hall–Kier alpha value is -2.33. The van der Waals surface area contributed by atoms with Crippen LogP contribution < -0.4 is 10.2 Å². The zero-order chi connectivity index (χ0) is 20.5. The third-order valence-electron chi connectivity index (χ3n) is 5.68. The van der Waals surface area contributed by atoms with E-state index in [1.807, 2.05) is 11.5 Å².